The van der Waals surface area contributed by atoms with Gasteiger partial charge in [-0.2, -0.15) is 5.10 Å². The summed E-state index contributed by atoms with van der Waals surface area (Å²) in [7, 11) is 0. The van der Waals surface area contributed by atoms with E-state index in [0.29, 0.717) is 22.8 Å². The van der Waals surface area contributed by atoms with Crippen LogP contribution in [0.2, 0.25) is 0 Å². The highest BCUT2D eigenvalue weighted by Crippen LogP contribution is 2.28. The highest BCUT2D eigenvalue weighted by Gasteiger charge is 2.12. The van der Waals surface area contributed by atoms with Crippen molar-refractivity contribution in [2.45, 2.75) is 6.92 Å². The number of hydrogen-bond donors (Lipinski definition) is 1. The molecule has 0 aliphatic carbocycles. The molecule has 0 saturated heterocycles. The van der Waals surface area contributed by atoms with Gasteiger partial charge < -0.3 is 9.15 Å². The molecule has 1 N–H and O–H groups in total. The quantitative estimate of drug-likeness (QED) is 0.219. The van der Waals surface area contributed by atoms with Crippen molar-refractivity contribution in [1.82, 2.24) is 5.43 Å². The Morgan fingerprint density at radius 1 is 1.03 bits per heavy atom. The van der Waals surface area contributed by atoms with Gasteiger partial charge in [0, 0.05) is 17.7 Å². The first-order chi connectivity index (χ1) is 16.5. The fraction of sp³-hybridized carbons (Fsp3) is 0.0769. The number of amides is 1. The van der Waals surface area contributed by atoms with Crippen molar-refractivity contribution >= 4 is 17.8 Å². The van der Waals surface area contributed by atoms with Crippen LogP contribution in [0.5, 0.6) is 5.75 Å². The summed E-state index contributed by atoms with van der Waals surface area (Å²) in [6, 6.07) is 25.4. The fourth-order valence-corrected chi connectivity index (χ4v) is 3.33. The Balaban J connectivity index is 1.28. The van der Waals surface area contributed by atoms with Gasteiger partial charge in [0.2, 0.25) is 0 Å². The monoisotopic (exact) mass is 455 g/mol. The molecule has 4 aromatic rings. The molecule has 1 amide bonds. The average Bonchev–Trinajstić information content (AvgIpc) is 3.32. The average molecular weight is 455 g/mol. The zero-order valence-electron chi connectivity index (χ0n) is 18.3. The number of nitrogens with zero attached hydrogens (tertiary/aromatic N) is 2. The van der Waals surface area contributed by atoms with Gasteiger partial charge in [-0.15, -0.1) is 0 Å². The molecule has 0 bridgehead atoms. The lowest BCUT2D eigenvalue weighted by Gasteiger charge is -2.06. The first-order valence-corrected chi connectivity index (χ1v) is 10.4. The molecule has 8 heteroatoms. The van der Waals surface area contributed by atoms with E-state index in [1.807, 2.05) is 54.6 Å². The normalized spacial score (nSPS) is 10.9. The van der Waals surface area contributed by atoms with E-state index < -0.39 is 10.8 Å². The SMILES string of the molecule is Cc1cc([N+](=O)[O-])ccc1-c1ccc(C=NNC(=O)COc2ccc(-c3ccccc3)cc2)o1. The first kappa shape index (κ1) is 22.5. The van der Waals surface area contributed by atoms with E-state index in [1.54, 1.807) is 25.1 Å². The number of non-ortho nitro benzene ring substituents is 1. The van der Waals surface area contributed by atoms with Crippen molar-refractivity contribution in [2.75, 3.05) is 6.61 Å². The largest absolute Gasteiger partial charge is 0.484 e. The minimum Gasteiger partial charge on any atom is -0.484 e. The fourth-order valence-electron chi connectivity index (χ4n) is 3.33. The van der Waals surface area contributed by atoms with Gasteiger partial charge in [-0.05, 0) is 53.9 Å². The number of carbonyl (C=O) groups is 1. The molecule has 1 aromatic heterocycles. The number of hydrogen-bond acceptors (Lipinski definition) is 6. The number of ether oxygens (including phenoxy) is 1. The molecule has 0 spiro atoms. The van der Waals surface area contributed by atoms with Gasteiger partial charge in [-0.1, -0.05) is 42.5 Å². The molecule has 34 heavy (non-hydrogen) atoms. The molecule has 8 nitrogen and oxygen atoms in total. The summed E-state index contributed by atoms with van der Waals surface area (Å²) in [4.78, 5) is 22.5. The molecule has 1 heterocycles. The summed E-state index contributed by atoms with van der Waals surface area (Å²) >= 11 is 0. The van der Waals surface area contributed by atoms with Gasteiger partial charge in [-0.3, -0.25) is 14.9 Å². The molecule has 0 radical (unpaired) electrons. The lowest BCUT2D eigenvalue weighted by atomic mass is 10.1. The molecule has 0 aliphatic rings. The van der Waals surface area contributed by atoms with Crippen LogP contribution in [-0.4, -0.2) is 23.7 Å². The predicted octanol–water partition coefficient (Wildman–Crippen LogP) is 5.36. The van der Waals surface area contributed by atoms with Crippen LogP contribution < -0.4 is 10.2 Å². The topological polar surface area (TPSA) is 107 Å². The lowest BCUT2D eigenvalue weighted by molar-refractivity contribution is -0.384. The number of rotatable bonds is 8. The molecular weight excluding hydrogens is 434 g/mol. The molecule has 4 rings (SSSR count). The molecule has 0 unspecified atom stereocenters. The molecule has 0 atom stereocenters. The van der Waals surface area contributed by atoms with E-state index in [1.165, 1.54) is 18.3 Å². The van der Waals surface area contributed by atoms with Crippen molar-refractivity contribution in [3.63, 3.8) is 0 Å². The van der Waals surface area contributed by atoms with Crippen LogP contribution in [0.4, 0.5) is 5.69 Å². The van der Waals surface area contributed by atoms with Crippen LogP contribution in [0.15, 0.2) is 94.4 Å². The van der Waals surface area contributed by atoms with Gasteiger partial charge in [0.1, 0.15) is 17.3 Å². The zero-order chi connectivity index (χ0) is 23.9. The summed E-state index contributed by atoms with van der Waals surface area (Å²) in [5, 5.41) is 14.8. The number of benzene rings is 3. The second-order valence-corrected chi connectivity index (χ2v) is 7.43. The van der Waals surface area contributed by atoms with E-state index in [-0.39, 0.29) is 12.3 Å². The van der Waals surface area contributed by atoms with E-state index in [4.69, 9.17) is 9.15 Å². The predicted molar refractivity (Wildman–Crippen MR) is 129 cm³/mol. The van der Waals surface area contributed by atoms with Crippen molar-refractivity contribution in [3.8, 4) is 28.2 Å². The minimum atomic E-state index is -0.441. The molecular formula is C26H21N3O5. The molecule has 0 saturated carbocycles. The highest BCUT2D eigenvalue weighted by molar-refractivity contribution is 5.82. The third-order valence-electron chi connectivity index (χ3n) is 5.03. The second kappa shape index (κ2) is 10.3. The minimum absolute atomic E-state index is 0.0201. The molecule has 0 aliphatic heterocycles. The number of carbonyl (C=O) groups excluding carboxylic acids is 1. The Kier molecular flexibility index (Phi) is 6.78. The van der Waals surface area contributed by atoms with Gasteiger partial charge in [0.25, 0.3) is 11.6 Å². The van der Waals surface area contributed by atoms with Crippen molar-refractivity contribution in [1.29, 1.82) is 0 Å². The van der Waals surface area contributed by atoms with E-state index in [9.17, 15) is 14.9 Å². The van der Waals surface area contributed by atoms with Gasteiger partial charge in [0.15, 0.2) is 6.61 Å². The number of hydrazone groups is 1. The first-order valence-electron chi connectivity index (χ1n) is 10.4. The van der Waals surface area contributed by atoms with E-state index >= 15 is 0 Å². The standard InChI is InChI=1S/C26H21N3O5/c1-18-15-21(29(31)32)9-13-24(18)25-14-12-23(34-25)16-27-28-26(30)17-33-22-10-7-20(8-11-22)19-5-3-2-4-6-19/h2-16H,17H2,1H3,(H,28,30). The maximum atomic E-state index is 12.0. The van der Waals surface area contributed by atoms with Crippen molar-refractivity contribution in [2.24, 2.45) is 5.10 Å². The third-order valence-corrected chi connectivity index (χ3v) is 5.03. The molecule has 3 aromatic carbocycles. The van der Waals surface area contributed by atoms with E-state index in [0.717, 1.165) is 16.7 Å². The van der Waals surface area contributed by atoms with Gasteiger partial charge in [0.05, 0.1) is 11.1 Å². The second-order valence-electron chi connectivity index (χ2n) is 7.43. The number of furan rings is 1. The Hall–Kier alpha value is -4.72. The van der Waals surface area contributed by atoms with Crippen LogP contribution >= 0.6 is 0 Å². The summed E-state index contributed by atoms with van der Waals surface area (Å²) in [5.74, 6) is 1.13. The van der Waals surface area contributed by atoms with E-state index in [2.05, 4.69) is 10.5 Å². The van der Waals surface area contributed by atoms with Gasteiger partial charge >= 0.3 is 0 Å². The number of nitrogens with one attached hydrogen (secondary N) is 1. The molecule has 170 valence electrons. The van der Waals surface area contributed by atoms with Crippen molar-refractivity contribution in [3.05, 3.63) is 106 Å². The third kappa shape index (κ3) is 5.55. The Morgan fingerprint density at radius 2 is 1.76 bits per heavy atom. The summed E-state index contributed by atoms with van der Waals surface area (Å²) in [5.41, 5.74) is 6.03. The Morgan fingerprint density at radius 3 is 2.47 bits per heavy atom. The van der Waals surface area contributed by atoms with Crippen LogP contribution in [0, 0.1) is 17.0 Å². The van der Waals surface area contributed by atoms with Gasteiger partial charge in [-0.25, -0.2) is 5.43 Å². The van der Waals surface area contributed by atoms with Crippen LogP contribution in [-0.2, 0) is 4.79 Å². The maximum absolute atomic E-state index is 12.0. The smallest absolute Gasteiger partial charge is 0.277 e. The molecule has 0 fully saturated rings. The summed E-state index contributed by atoms with van der Waals surface area (Å²) in [6.45, 7) is 1.58. The highest BCUT2D eigenvalue weighted by atomic mass is 16.6. The maximum Gasteiger partial charge on any atom is 0.277 e. The summed E-state index contributed by atoms with van der Waals surface area (Å²) < 4.78 is 11.2. The Bertz CT molecular complexity index is 1330. The van der Waals surface area contributed by atoms with Crippen LogP contribution in [0.3, 0.4) is 0 Å². The number of aryl methyl sites for hydroxylation is 1. The Labute approximate surface area is 195 Å². The lowest BCUT2D eigenvalue weighted by Crippen LogP contribution is -2.24. The number of nitro groups is 1. The number of nitro benzene ring substituents is 1. The van der Waals surface area contributed by atoms with Crippen LogP contribution in [0.1, 0.15) is 11.3 Å². The van der Waals surface area contributed by atoms with Crippen molar-refractivity contribution < 1.29 is 18.9 Å². The van der Waals surface area contributed by atoms with Crippen LogP contribution in [0.25, 0.3) is 22.5 Å². The summed E-state index contributed by atoms with van der Waals surface area (Å²) in [6.07, 6.45) is 1.37. The zero-order valence-corrected chi connectivity index (χ0v) is 18.3.